The van der Waals surface area contributed by atoms with Gasteiger partial charge in [-0.25, -0.2) is 0 Å². The van der Waals surface area contributed by atoms with Gasteiger partial charge in [0.15, 0.2) is 0 Å². The highest BCUT2D eigenvalue weighted by Gasteiger charge is 2.22. The van der Waals surface area contributed by atoms with E-state index in [0.29, 0.717) is 11.3 Å². The molecule has 6 nitrogen and oxygen atoms in total. The molecule has 1 unspecified atom stereocenters. The predicted octanol–water partition coefficient (Wildman–Crippen LogP) is 8.72. The highest BCUT2D eigenvalue weighted by Crippen LogP contribution is 2.37. The first-order valence-electron chi connectivity index (χ1n) is 15.1. The lowest BCUT2D eigenvalue weighted by atomic mass is 10.0. The number of carbonyl (C=O) groups is 3. The van der Waals surface area contributed by atoms with Crippen molar-refractivity contribution >= 4 is 57.7 Å². The van der Waals surface area contributed by atoms with Gasteiger partial charge in [0.05, 0.1) is 0 Å². The molecule has 3 N–H and O–H groups in total. The quantitative estimate of drug-likeness (QED) is 0.104. The van der Waals surface area contributed by atoms with Gasteiger partial charge >= 0.3 is 0 Å². The molecule has 1 atom stereocenters. The van der Waals surface area contributed by atoms with E-state index in [-0.39, 0.29) is 17.5 Å². The lowest BCUT2D eigenvalue weighted by Crippen LogP contribution is -2.30. The lowest BCUT2D eigenvalue weighted by molar-refractivity contribution is -0.116. The van der Waals surface area contributed by atoms with Gasteiger partial charge in [-0.15, -0.1) is 11.8 Å². The van der Waals surface area contributed by atoms with E-state index in [9.17, 15) is 14.4 Å². The van der Waals surface area contributed by atoms with Crippen LogP contribution >= 0.6 is 11.8 Å². The van der Waals surface area contributed by atoms with E-state index < -0.39 is 11.2 Å². The smallest absolute Gasteiger partial charge is 0.272 e. The average Bonchev–Trinajstić information content (AvgIpc) is 3.12. The molecule has 0 saturated carbocycles. The zero-order valence-corrected chi connectivity index (χ0v) is 26.1. The van der Waals surface area contributed by atoms with Crippen LogP contribution in [0.4, 0.5) is 11.4 Å². The normalized spacial score (nSPS) is 11.8. The van der Waals surface area contributed by atoms with E-state index in [0.717, 1.165) is 32.5 Å². The first-order chi connectivity index (χ1) is 23.0. The SMILES string of the molecule is O=C(Nc1ccc(SC(C(=O)Nc2ccccc2)c2ccccc2)cc1)/C(=C/c1cccc2ccccc12)NC(=O)c1ccccc1. The highest BCUT2D eigenvalue weighted by atomic mass is 32.2. The van der Waals surface area contributed by atoms with Crippen LogP contribution in [-0.2, 0) is 9.59 Å². The molecule has 7 heteroatoms. The summed E-state index contributed by atoms with van der Waals surface area (Å²) in [5.74, 6) is -0.992. The van der Waals surface area contributed by atoms with Gasteiger partial charge in [-0.2, -0.15) is 0 Å². The number of benzene rings is 6. The van der Waals surface area contributed by atoms with Crippen LogP contribution in [0.2, 0.25) is 0 Å². The maximum absolute atomic E-state index is 13.7. The highest BCUT2D eigenvalue weighted by molar-refractivity contribution is 8.00. The molecular formula is C40H31N3O3S. The van der Waals surface area contributed by atoms with Crippen molar-refractivity contribution in [3.63, 3.8) is 0 Å². The first kappa shape index (κ1) is 31.1. The molecule has 6 aromatic carbocycles. The Balaban J connectivity index is 1.22. The summed E-state index contributed by atoms with van der Waals surface area (Å²) < 4.78 is 0. The predicted molar refractivity (Wildman–Crippen MR) is 191 cm³/mol. The summed E-state index contributed by atoms with van der Waals surface area (Å²) >= 11 is 1.42. The van der Waals surface area contributed by atoms with Crippen molar-refractivity contribution in [3.8, 4) is 0 Å². The number of rotatable bonds is 10. The topological polar surface area (TPSA) is 87.3 Å². The second-order valence-electron chi connectivity index (χ2n) is 10.7. The van der Waals surface area contributed by atoms with Crippen molar-refractivity contribution in [2.45, 2.75) is 10.1 Å². The number of nitrogens with one attached hydrogen (secondary N) is 3. The third kappa shape index (κ3) is 8.03. The Hall–Kier alpha value is -5.92. The van der Waals surface area contributed by atoms with Crippen molar-refractivity contribution in [1.82, 2.24) is 5.32 Å². The summed E-state index contributed by atoms with van der Waals surface area (Å²) in [6.07, 6.45) is 1.69. The van der Waals surface area contributed by atoms with E-state index in [2.05, 4.69) is 16.0 Å². The maximum Gasteiger partial charge on any atom is 0.272 e. The summed E-state index contributed by atoms with van der Waals surface area (Å²) in [5, 5.41) is 10.2. The fraction of sp³-hybridized carbons (Fsp3) is 0.0250. The van der Waals surface area contributed by atoms with E-state index >= 15 is 0 Å². The van der Waals surface area contributed by atoms with Crippen molar-refractivity contribution in [3.05, 3.63) is 180 Å². The number of carbonyl (C=O) groups excluding carboxylic acids is 3. The summed E-state index contributed by atoms with van der Waals surface area (Å²) in [4.78, 5) is 41.1. The number of fused-ring (bicyclic) bond motifs is 1. The Bertz CT molecular complexity index is 2030. The minimum atomic E-state index is -0.500. The zero-order valence-electron chi connectivity index (χ0n) is 25.3. The molecule has 6 aromatic rings. The molecule has 0 aliphatic carbocycles. The Kier molecular flexibility index (Phi) is 9.86. The van der Waals surface area contributed by atoms with Crippen molar-refractivity contribution in [1.29, 1.82) is 0 Å². The standard InChI is InChI=1S/C40H31N3O3S/c44-38(30-16-6-2-7-17-30)43-36(27-31-19-12-18-28-13-10-11-22-35(28)31)39(45)41-33-23-25-34(26-24-33)47-37(29-14-4-1-5-15-29)40(46)42-32-20-8-3-9-21-32/h1-27,37H,(H,41,45)(H,42,46)(H,43,44)/b36-27-. The minimum absolute atomic E-state index is 0.107. The zero-order chi connectivity index (χ0) is 32.4. The molecule has 6 rings (SSSR count). The third-order valence-electron chi connectivity index (χ3n) is 7.40. The van der Waals surface area contributed by atoms with Gasteiger partial charge in [0.1, 0.15) is 10.9 Å². The number of thioether (sulfide) groups is 1. The average molecular weight is 634 g/mol. The number of para-hydroxylation sites is 1. The van der Waals surface area contributed by atoms with E-state index in [1.165, 1.54) is 11.8 Å². The second-order valence-corrected chi connectivity index (χ2v) is 11.9. The van der Waals surface area contributed by atoms with Crippen molar-refractivity contribution in [2.24, 2.45) is 0 Å². The molecule has 0 saturated heterocycles. The summed E-state index contributed by atoms with van der Waals surface area (Å²) in [7, 11) is 0. The Labute approximate surface area is 277 Å². The third-order valence-corrected chi connectivity index (χ3v) is 8.67. The number of hydrogen-bond donors (Lipinski definition) is 3. The van der Waals surface area contributed by atoms with Crippen LogP contribution in [0, 0.1) is 0 Å². The molecule has 0 spiro atoms. The molecule has 0 radical (unpaired) electrons. The fourth-order valence-electron chi connectivity index (χ4n) is 5.06. The van der Waals surface area contributed by atoms with Crippen LogP contribution in [0.15, 0.2) is 168 Å². The number of anilines is 2. The van der Waals surface area contributed by atoms with Crippen LogP contribution < -0.4 is 16.0 Å². The van der Waals surface area contributed by atoms with E-state index in [4.69, 9.17) is 0 Å². The molecule has 0 aromatic heterocycles. The first-order valence-corrected chi connectivity index (χ1v) is 16.0. The van der Waals surface area contributed by atoms with Crippen molar-refractivity contribution < 1.29 is 14.4 Å². The van der Waals surface area contributed by atoms with Gasteiger partial charge < -0.3 is 16.0 Å². The van der Waals surface area contributed by atoms with Crippen LogP contribution in [-0.4, -0.2) is 17.7 Å². The lowest BCUT2D eigenvalue weighted by Gasteiger charge is -2.17. The van der Waals surface area contributed by atoms with Gasteiger partial charge in [-0.1, -0.05) is 109 Å². The minimum Gasteiger partial charge on any atom is -0.325 e. The molecule has 0 bridgehead atoms. The molecule has 0 fully saturated rings. The molecule has 3 amide bonds. The Morgan fingerprint density at radius 3 is 1.89 bits per heavy atom. The number of amides is 3. The van der Waals surface area contributed by atoms with Crippen LogP contribution in [0.1, 0.15) is 26.7 Å². The van der Waals surface area contributed by atoms with Crippen LogP contribution in [0.5, 0.6) is 0 Å². The van der Waals surface area contributed by atoms with Gasteiger partial charge in [-0.05, 0) is 76.5 Å². The molecular weight excluding hydrogens is 603 g/mol. The molecule has 230 valence electrons. The van der Waals surface area contributed by atoms with Gasteiger partial charge in [-0.3, -0.25) is 14.4 Å². The summed E-state index contributed by atoms with van der Waals surface area (Å²) in [6, 6.07) is 48.8. The fourth-order valence-corrected chi connectivity index (χ4v) is 6.08. The van der Waals surface area contributed by atoms with E-state index in [1.54, 1.807) is 42.5 Å². The van der Waals surface area contributed by atoms with Crippen molar-refractivity contribution in [2.75, 3.05) is 10.6 Å². The Morgan fingerprint density at radius 1 is 0.574 bits per heavy atom. The Morgan fingerprint density at radius 2 is 1.17 bits per heavy atom. The van der Waals surface area contributed by atoms with Gasteiger partial charge in [0, 0.05) is 21.8 Å². The molecule has 47 heavy (non-hydrogen) atoms. The second kappa shape index (κ2) is 14.9. The largest absolute Gasteiger partial charge is 0.325 e. The monoisotopic (exact) mass is 633 g/mol. The molecule has 0 aliphatic heterocycles. The van der Waals surface area contributed by atoms with Crippen LogP contribution in [0.3, 0.4) is 0 Å². The van der Waals surface area contributed by atoms with Gasteiger partial charge in [0.2, 0.25) is 5.91 Å². The summed E-state index contributed by atoms with van der Waals surface area (Å²) in [5.41, 5.74) is 3.49. The van der Waals surface area contributed by atoms with E-state index in [1.807, 2.05) is 121 Å². The maximum atomic E-state index is 13.7. The summed E-state index contributed by atoms with van der Waals surface area (Å²) in [6.45, 7) is 0. The molecule has 0 aliphatic rings. The molecule has 0 heterocycles. The van der Waals surface area contributed by atoms with Crippen LogP contribution in [0.25, 0.3) is 16.8 Å². The number of hydrogen-bond acceptors (Lipinski definition) is 4. The van der Waals surface area contributed by atoms with Gasteiger partial charge in [0.25, 0.3) is 11.8 Å².